The van der Waals surface area contributed by atoms with Crippen LogP contribution in [-0.2, 0) is 22.7 Å². The molecule has 0 radical (unpaired) electrons. The van der Waals surface area contributed by atoms with Crippen molar-refractivity contribution >= 4 is 23.4 Å². The molecule has 1 atom stereocenters. The molecule has 1 N–H and O–H groups in total. The van der Waals surface area contributed by atoms with E-state index in [4.69, 9.17) is 11.3 Å². The minimum atomic E-state index is -0.712. The molecule has 0 bridgehead atoms. The molecule has 3 aliphatic rings. The van der Waals surface area contributed by atoms with Crippen LogP contribution in [0.1, 0.15) is 58.6 Å². The van der Waals surface area contributed by atoms with Gasteiger partial charge in [-0.05, 0) is 85.3 Å². The summed E-state index contributed by atoms with van der Waals surface area (Å²) < 4.78 is 21.2. The first-order chi connectivity index (χ1) is 19.9. The number of ether oxygens (including phenoxy) is 1. The summed E-state index contributed by atoms with van der Waals surface area (Å²) in [5.74, 6) is -0.0913. The summed E-state index contributed by atoms with van der Waals surface area (Å²) in [6.45, 7) is 9.69. The molecule has 6 rings (SSSR count). The fraction of sp³-hybridized carbons (Fsp3) is 0.312. The van der Waals surface area contributed by atoms with E-state index >= 15 is 4.39 Å². The molecule has 3 aromatic rings. The van der Waals surface area contributed by atoms with Crippen LogP contribution >= 0.6 is 0 Å². The van der Waals surface area contributed by atoms with Gasteiger partial charge in [0, 0.05) is 25.1 Å². The van der Waals surface area contributed by atoms with Crippen molar-refractivity contribution in [1.29, 1.82) is 0 Å². The van der Waals surface area contributed by atoms with Crippen LogP contribution < -0.4 is 10.1 Å². The van der Waals surface area contributed by atoms with Gasteiger partial charge in [-0.1, -0.05) is 30.3 Å². The van der Waals surface area contributed by atoms with Gasteiger partial charge in [-0.15, -0.1) is 0 Å². The lowest BCUT2D eigenvalue weighted by Gasteiger charge is -2.32. The Labute approximate surface area is 237 Å². The molecule has 2 fully saturated rings. The first kappa shape index (κ1) is 26.7. The van der Waals surface area contributed by atoms with Crippen LogP contribution in [0.2, 0.25) is 0 Å². The van der Waals surface area contributed by atoms with Gasteiger partial charge in [-0.2, -0.15) is 0 Å². The van der Waals surface area contributed by atoms with E-state index in [0.717, 1.165) is 49.4 Å². The maximum atomic E-state index is 15.3. The molecule has 3 heterocycles. The van der Waals surface area contributed by atoms with E-state index in [1.165, 1.54) is 11.0 Å². The average Bonchev–Trinajstić information content (AvgIpc) is 3.28. The zero-order valence-electron chi connectivity index (χ0n) is 22.4. The Bertz CT molecular complexity index is 1560. The number of rotatable bonds is 6. The molecule has 8 nitrogen and oxygen atoms in total. The zero-order valence-corrected chi connectivity index (χ0v) is 22.4. The van der Waals surface area contributed by atoms with Crippen molar-refractivity contribution in [2.45, 2.75) is 50.7 Å². The van der Waals surface area contributed by atoms with Crippen LogP contribution in [0.5, 0.6) is 11.5 Å². The molecule has 3 amide bonds. The fourth-order valence-corrected chi connectivity index (χ4v) is 6.01. The third-order valence-corrected chi connectivity index (χ3v) is 8.17. The second kappa shape index (κ2) is 11.1. The number of piperidine rings is 2. The average molecular weight is 553 g/mol. The van der Waals surface area contributed by atoms with Crippen LogP contribution in [0.4, 0.5) is 10.1 Å². The number of carbonyl (C=O) groups excluding carboxylic acids is 3. The third kappa shape index (κ3) is 5.56. The predicted molar refractivity (Wildman–Crippen MR) is 149 cm³/mol. The number of likely N-dealkylation sites (tertiary alicyclic amines) is 1. The molecule has 208 valence electrons. The van der Waals surface area contributed by atoms with Crippen molar-refractivity contribution in [3.8, 4) is 11.5 Å². The largest absolute Gasteiger partial charge is 0.457 e. The lowest BCUT2D eigenvalue weighted by Crippen LogP contribution is -2.52. The number of hydrogen-bond donors (Lipinski definition) is 1. The highest BCUT2D eigenvalue weighted by atomic mass is 19.1. The number of hydrogen-bond acceptors (Lipinski definition) is 5. The van der Waals surface area contributed by atoms with Crippen LogP contribution in [0.3, 0.4) is 0 Å². The van der Waals surface area contributed by atoms with E-state index < -0.39 is 11.9 Å². The smallest absolute Gasteiger partial charge is 0.255 e. The van der Waals surface area contributed by atoms with Crippen molar-refractivity contribution in [2.24, 2.45) is 0 Å². The molecule has 41 heavy (non-hydrogen) atoms. The second-order valence-corrected chi connectivity index (χ2v) is 10.8. The molecule has 9 heteroatoms. The first-order valence-electron chi connectivity index (χ1n) is 13.8. The van der Waals surface area contributed by atoms with Crippen LogP contribution in [0.15, 0.2) is 60.7 Å². The van der Waals surface area contributed by atoms with Crippen molar-refractivity contribution in [3.05, 3.63) is 100 Å². The van der Waals surface area contributed by atoms with Crippen molar-refractivity contribution in [1.82, 2.24) is 15.1 Å². The molecule has 0 saturated carbocycles. The molecule has 1 unspecified atom stereocenters. The van der Waals surface area contributed by atoms with E-state index in [0.29, 0.717) is 22.6 Å². The van der Waals surface area contributed by atoms with E-state index in [2.05, 4.69) is 21.1 Å². The number of carbonyl (C=O) groups is 3. The standard InChI is InChI=1S/C32H29FN4O4/c1-34-23-5-7-24(8-6-23)41-25-4-2-3-20(15-25)18-36-13-11-21(12-14-36)26-16-22-19-37(32(40)27(22)17-28(26)33)29-9-10-30(38)35-31(29)39/h2-8,15-17,21,29H,9-14,18-19H2,(H,35,38,39). The Kier molecular flexibility index (Phi) is 7.25. The summed E-state index contributed by atoms with van der Waals surface area (Å²) in [5.41, 5.74) is 3.35. The highest BCUT2D eigenvalue weighted by molar-refractivity contribution is 6.05. The van der Waals surface area contributed by atoms with Gasteiger partial charge in [0.05, 0.1) is 6.57 Å². The molecule has 0 aromatic heterocycles. The number of fused-ring (bicyclic) bond motifs is 1. The second-order valence-electron chi connectivity index (χ2n) is 10.8. The summed E-state index contributed by atoms with van der Waals surface area (Å²) in [7, 11) is 0. The predicted octanol–water partition coefficient (Wildman–Crippen LogP) is 5.31. The number of benzene rings is 3. The molecular weight excluding hydrogens is 523 g/mol. The van der Waals surface area contributed by atoms with E-state index in [1.807, 2.05) is 18.2 Å². The van der Waals surface area contributed by atoms with Gasteiger partial charge in [-0.3, -0.25) is 24.6 Å². The minimum Gasteiger partial charge on any atom is -0.457 e. The highest BCUT2D eigenvalue weighted by Crippen LogP contribution is 2.36. The topological polar surface area (TPSA) is 83.3 Å². The summed E-state index contributed by atoms with van der Waals surface area (Å²) in [4.78, 5) is 44.1. The van der Waals surface area contributed by atoms with Gasteiger partial charge in [0.15, 0.2) is 5.69 Å². The quantitative estimate of drug-likeness (QED) is 0.331. The van der Waals surface area contributed by atoms with Gasteiger partial charge >= 0.3 is 0 Å². The number of imide groups is 1. The van der Waals surface area contributed by atoms with E-state index in [1.54, 1.807) is 30.3 Å². The van der Waals surface area contributed by atoms with E-state index in [-0.39, 0.29) is 42.9 Å². The molecular formula is C32H29FN4O4. The van der Waals surface area contributed by atoms with Crippen LogP contribution in [0.25, 0.3) is 4.85 Å². The first-order valence-corrected chi connectivity index (χ1v) is 13.8. The highest BCUT2D eigenvalue weighted by Gasteiger charge is 2.40. The summed E-state index contributed by atoms with van der Waals surface area (Å²) in [5, 5.41) is 2.30. The molecule has 3 aliphatic heterocycles. The third-order valence-electron chi connectivity index (χ3n) is 8.17. The Morgan fingerprint density at radius 2 is 1.76 bits per heavy atom. The number of nitrogens with one attached hydrogen (secondary N) is 1. The summed E-state index contributed by atoms with van der Waals surface area (Å²) in [6, 6.07) is 17.4. The number of nitrogens with zero attached hydrogens (tertiary/aromatic N) is 3. The number of amides is 3. The molecule has 0 aliphatic carbocycles. The Morgan fingerprint density at radius 3 is 2.49 bits per heavy atom. The lowest BCUT2D eigenvalue weighted by atomic mass is 9.87. The Hall–Kier alpha value is -4.55. The molecule has 0 spiro atoms. The lowest BCUT2D eigenvalue weighted by molar-refractivity contribution is -0.136. The van der Waals surface area contributed by atoms with Gasteiger partial charge in [0.25, 0.3) is 5.91 Å². The summed E-state index contributed by atoms with van der Waals surface area (Å²) in [6.07, 6.45) is 2.06. The fourth-order valence-electron chi connectivity index (χ4n) is 6.01. The van der Waals surface area contributed by atoms with Gasteiger partial charge in [-0.25, -0.2) is 9.24 Å². The maximum Gasteiger partial charge on any atom is 0.255 e. The van der Waals surface area contributed by atoms with Crippen LogP contribution in [-0.4, -0.2) is 46.7 Å². The molecule has 3 aromatic carbocycles. The zero-order chi connectivity index (χ0) is 28.5. The number of halogens is 1. The monoisotopic (exact) mass is 552 g/mol. The van der Waals surface area contributed by atoms with Crippen LogP contribution in [0, 0.1) is 12.4 Å². The Balaban J connectivity index is 1.07. The normalized spacial score (nSPS) is 19.6. The summed E-state index contributed by atoms with van der Waals surface area (Å²) >= 11 is 0. The SMILES string of the molecule is [C-]#[N+]c1ccc(Oc2cccc(CN3CCC(c4cc5c(cc4F)C(=O)N(C4CCC(=O)NC4=O)C5)CC3)c2)cc1. The van der Waals surface area contributed by atoms with Gasteiger partial charge in [0.1, 0.15) is 23.4 Å². The van der Waals surface area contributed by atoms with Gasteiger partial charge in [0.2, 0.25) is 11.8 Å². The van der Waals surface area contributed by atoms with Gasteiger partial charge < -0.3 is 9.64 Å². The minimum absolute atomic E-state index is 0.0457. The Morgan fingerprint density at radius 1 is 0.976 bits per heavy atom. The molecule has 2 saturated heterocycles. The van der Waals surface area contributed by atoms with Crippen molar-refractivity contribution in [2.75, 3.05) is 13.1 Å². The maximum absolute atomic E-state index is 15.3. The van der Waals surface area contributed by atoms with Crippen molar-refractivity contribution in [3.63, 3.8) is 0 Å². The van der Waals surface area contributed by atoms with E-state index in [9.17, 15) is 14.4 Å². The van der Waals surface area contributed by atoms with Crippen molar-refractivity contribution < 1.29 is 23.5 Å².